The molecule has 35 heavy (non-hydrogen) atoms. The smallest absolute Gasteiger partial charge is 0.417 e. The van der Waals surface area contributed by atoms with Crippen LogP contribution in [0.5, 0.6) is 0 Å². The van der Waals surface area contributed by atoms with Crippen LogP contribution in [0.4, 0.5) is 4.79 Å². The number of unbranched alkanes of at least 4 members (excludes halogenated alkanes) is 3. The first-order valence-corrected chi connectivity index (χ1v) is 12.7. The number of furan rings is 1. The van der Waals surface area contributed by atoms with Crippen molar-refractivity contribution in [1.82, 2.24) is 4.90 Å². The topological polar surface area (TPSA) is 106 Å². The number of amides is 2. The first-order valence-electron chi connectivity index (χ1n) is 11.9. The van der Waals surface area contributed by atoms with E-state index in [1.807, 2.05) is 30.3 Å². The van der Waals surface area contributed by atoms with Crippen molar-refractivity contribution in [2.45, 2.75) is 71.1 Å². The Morgan fingerprint density at radius 2 is 1.86 bits per heavy atom. The third kappa shape index (κ3) is 6.52. The number of halogens is 1. The SMILES string of the molecule is CC(=O)O[C@H](c1cc(Br)c(CCCCCCO)o1)[C@H](C)C(=O)N1C(=O)O[C@H](c2ccccc2)[C@@H]1C. The Balaban J connectivity index is 1.77. The number of aryl methyl sites for hydroxylation is 1. The maximum Gasteiger partial charge on any atom is 0.417 e. The molecule has 1 N–H and O–H groups in total. The van der Waals surface area contributed by atoms with Crippen molar-refractivity contribution in [3.8, 4) is 0 Å². The predicted octanol–water partition coefficient (Wildman–Crippen LogP) is 5.49. The molecule has 3 rings (SSSR count). The fourth-order valence-electron chi connectivity index (χ4n) is 4.27. The van der Waals surface area contributed by atoms with Crippen LogP contribution in [0.2, 0.25) is 0 Å². The monoisotopic (exact) mass is 549 g/mol. The molecule has 0 spiro atoms. The number of ether oxygens (including phenoxy) is 2. The van der Waals surface area contributed by atoms with Gasteiger partial charge in [0.25, 0.3) is 0 Å². The lowest BCUT2D eigenvalue weighted by atomic mass is 9.98. The molecule has 1 fully saturated rings. The summed E-state index contributed by atoms with van der Waals surface area (Å²) < 4.78 is 17.8. The summed E-state index contributed by atoms with van der Waals surface area (Å²) in [5.74, 6) is -0.937. The van der Waals surface area contributed by atoms with Crippen molar-refractivity contribution in [2.75, 3.05) is 6.61 Å². The first-order chi connectivity index (χ1) is 16.7. The summed E-state index contributed by atoms with van der Waals surface area (Å²) in [6.45, 7) is 4.81. The Morgan fingerprint density at radius 3 is 2.51 bits per heavy atom. The van der Waals surface area contributed by atoms with E-state index in [2.05, 4.69) is 15.9 Å². The second kappa shape index (κ2) is 12.4. The lowest BCUT2D eigenvalue weighted by molar-refractivity contribution is -0.154. The molecule has 0 unspecified atom stereocenters. The minimum Gasteiger partial charge on any atom is -0.461 e. The molecule has 1 aromatic heterocycles. The van der Waals surface area contributed by atoms with Crippen LogP contribution >= 0.6 is 15.9 Å². The van der Waals surface area contributed by atoms with Crippen molar-refractivity contribution in [3.63, 3.8) is 0 Å². The third-order valence-corrected chi connectivity index (χ3v) is 6.81. The van der Waals surface area contributed by atoms with Crippen LogP contribution < -0.4 is 0 Å². The van der Waals surface area contributed by atoms with Crippen LogP contribution in [0.1, 0.15) is 75.7 Å². The van der Waals surface area contributed by atoms with Crippen LogP contribution in [0.3, 0.4) is 0 Å². The number of aliphatic hydroxyl groups is 1. The van der Waals surface area contributed by atoms with Gasteiger partial charge in [-0.1, -0.05) is 43.2 Å². The van der Waals surface area contributed by atoms with Gasteiger partial charge < -0.3 is 19.0 Å². The zero-order valence-electron chi connectivity index (χ0n) is 20.2. The van der Waals surface area contributed by atoms with E-state index in [-0.39, 0.29) is 6.61 Å². The number of nitrogens with zero attached hydrogens (tertiary/aromatic N) is 1. The number of aliphatic hydroxyl groups excluding tert-OH is 1. The maximum absolute atomic E-state index is 13.5. The van der Waals surface area contributed by atoms with Gasteiger partial charge >= 0.3 is 12.1 Å². The molecular formula is C26H32BrNO7. The molecule has 1 aliphatic rings. The standard InChI is InChI=1S/C26H32BrNO7/c1-16(25(31)28-17(2)24(35-26(28)32)19-11-7-6-8-12-19)23(33-18(3)30)22-15-20(27)21(34-22)13-9-4-5-10-14-29/h6-8,11-12,15-17,23-24,29H,4-5,9-10,13-14H2,1-3H3/t16-,17-,23-,24-/m0/s1. The fourth-order valence-corrected chi connectivity index (χ4v) is 4.77. The maximum atomic E-state index is 13.5. The lowest BCUT2D eigenvalue weighted by Gasteiger charge is -2.26. The zero-order valence-corrected chi connectivity index (χ0v) is 21.8. The summed E-state index contributed by atoms with van der Waals surface area (Å²) in [4.78, 5) is 39.1. The number of imide groups is 1. The number of hydrogen-bond acceptors (Lipinski definition) is 7. The van der Waals surface area contributed by atoms with Gasteiger partial charge in [0.1, 0.15) is 17.6 Å². The molecule has 9 heteroatoms. The molecule has 1 aliphatic heterocycles. The average molecular weight is 550 g/mol. The van der Waals surface area contributed by atoms with E-state index in [4.69, 9.17) is 19.0 Å². The van der Waals surface area contributed by atoms with Crippen molar-refractivity contribution < 1.29 is 33.4 Å². The van der Waals surface area contributed by atoms with E-state index in [0.29, 0.717) is 17.9 Å². The van der Waals surface area contributed by atoms with Crippen molar-refractivity contribution in [2.24, 2.45) is 5.92 Å². The summed E-state index contributed by atoms with van der Waals surface area (Å²) in [6, 6.07) is 10.4. The molecule has 0 bridgehead atoms. The molecule has 0 aliphatic carbocycles. The van der Waals surface area contributed by atoms with E-state index in [0.717, 1.165) is 40.6 Å². The molecule has 4 atom stereocenters. The quantitative estimate of drug-likeness (QED) is 0.292. The molecule has 2 heterocycles. The van der Waals surface area contributed by atoms with Gasteiger partial charge in [-0.25, -0.2) is 9.69 Å². The summed E-state index contributed by atoms with van der Waals surface area (Å²) in [7, 11) is 0. The second-order valence-electron chi connectivity index (χ2n) is 8.79. The Labute approximate surface area is 213 Å². The summed E-state index contributed by atoms with van der Waals surface area (Å²) >= 11 is 3.50. The van der Waals surface area contributed by atoms with Crippen LogP contribution in [-0.4, -0.2) is 40.6 Å². The highest BCUT2D eigenvalue weighted by Crippen LogP contribution is 2.38. The van der Waals surface area contributed by atoms with Gasteiger partial charge in [0.2, 0.25) is 5.91 Å². The van der Waals surface area contributed by atoms with E-state index >= 15 is 0 Å². The van der Waals surface area contributed by atoms with Crippen molar-refractivity contribution in [1.29, 1.82) is 0 Å². The minimum absolute atomic E-state index is 0.180. The zero-order chi connectivity index (χ0) is 25.5. The van der Waals surface area contributed by atoms with Crippen LogP contribution in [0.25, 0.3) is 0 Å². The fraction of sp³-hybridized carbons (Fsp3) is 0.500. The molecule has 8 nitrogen and oxygen atoms in total. The number of rotatable bonds is 11. The van der Waals surface area contributed by atoms with E-state index < -0.39 is 42.1 Å². The van der Waals surface area contributed by atoms with Crippen LogP contribution in [-0.2, 0) is 25.5 Å². The van der Waals surface area contributed by atoms with Crippen LogP contribution in [0, 0.1) is 5.92 Å². The molecule has 0 radical (unpaired) electrons. The highest BCUT2D eigenvalue weighted by molar-refractivity contribution is 9.10. The Morgan fingerprint density at radius 1 is 1.17 bits per heavy atom. The average Bonchev–Trinajstić information content (AvgIpc) is 3.35. The Kier molecular flexibility index (Phi) is 9.51. The van der Waals surface area contributed by atoms with Gasteiger partial charge in [0.15, 0.2) is 6.10 Å². The minimum atomic E-state index is -1.00. The number of carbonyl (C=O) groups excluding carboxylic acids is 3. The summed E-state index contributed by atoms with van der Waals surface area (Å²) in [5.41, 5.74) is 0.798. The largest absolute Gasteiger partial charge is 0.461 e. The number of hydrogen-bond donors (Lipinski definition) is 1. The third-order valence-electron chi connectivity index (χ3n) is 6.14. The number of benzene rings is 1. The van der Waals surface area contributed by atoms with E-state index in [1.165, 1.54) is 6.92 Å². The Hall–Kier alpha value is -2.65. The summed E-state index contributed by atoms with van der Waals surface area (Å²) in [6.07, 6.45) is 1.86. The van der Waals surface area contributed by atoms with Crippen LogP contribution in [0.15, 0.2) is 45.3 Å². The van der Waals surface area contributed by atoms with Crippen molar-refractivity contribution >= 4 is 33.9 Å². The highest BCUT2D eigenvalue weighted by atomic mass is 79.9. The lowest BCUT2D eigenvalue weighted by Crippen LogP contribution is -2.43. The highest BCUT2D eigenvalue weighted by Gasteiger charge is 2.46. The van der Waals surface area contributed by atoms with Gasteiger partial charge in [0.05, 0.1) is 16.4 Å². The molecule has 0 saturated carbocycles. The number of esters is 1. The normalized spacial score (nSPS) is 19.3. The van der Waals surface area contributed by atoms with Gasteiger partial charge in [-0.15, -0.1) is 0 Å². The molecule has 1 saturated heterocycles. The first kappa shape index (κ1) is 26.9. The number of carbonyl (C=O) groups is 3. The van der Waals surface area contributed by atoms with Crippen molar-refractivity contribution in [3.05, 3.63) is 58.0 Å². The number of cyclic esters (lactones) is 1. The molecule has 1 aromatic carbocycles. The van der Waals surface area contributed by atoms with Gasteiger partial charge in [-0.3, -0.25) is 9.59 Å². The second-order valence-corrected chi connectivity index (χ2v) is 9.64. The molecular weight excluding hydrogens is 518 g/mol. The van der Waals surface area contributed by atoms with Gasteiger partial charge in [-0.2, -0.15) is 0 Å². The van der Waals surface area contributed by atoms with Gasteiger partial charge in [-0.05, 0) is 54.2 Å². The van der Waals surface area contributed by atoms with E-state index in [9.17, 15) is 14.4 Å². The molecule has 190 valence electrons. The molecule has 2 amide bonds. The van der Waals surface area contributed by atoms with E-state index in [1.54, 1.807) is 19.9 Å². The van der Waals surface area contributed by atoms with Gasteiger partial charge in [0, 0.05) is 20.0 Å². The summed E-state index contributed by atoms with van der Waals surface area (Å²) in [5, 5.41) is 8.92. The molecule has 2 aromatic rings. The Bertz CT molecular complexity index is 1020. The predicted molar refractivity (Wildman–Crippen MR) is 131 cm³/mol.